The lowest BCUT2D eigenvalue weighted by Gasteiger charge is -2.19. The van der Waals surface area contributed by atoms with E-state index in [0.29, 0.717) is 30.5 Å². The van der Waals surface area contributed by atoms with E-state index in [1.54, 1.807) is 0 Å². The lowest BCUT2D eigenvalue weighted by atomic mass is 10.2. The summed E-state index contributed by atoms with van der Waals surface area (Å²) < 4.78 is 12.9. The molecule has 2 aromatic rings. The Morgan fingerprint density at radius 3 is 2.62 bits per heavy atom. The molecule has 0 bridgehead atoms. The van der Waals surface area contributed by atoms with Crippen molar-refractivity contribution in [2.75, 3.05) is 19.8 Å². The van der Waals surface area contributed by atoms with Crippen molar-refractivity contribution >= 4 is 11.0 Å². The molecule has 2 heterocycles. The highest BCUT2D eigenvalue weighted by molar-refractivity contribution is 5.81. The summed E-state index contributed by atoms with van der Waals surface area (Å²) in [7, 11) is 0. The van der Waals surface area contributed by atoms with E-state index in [4.69, 9.17) is 20.3 Å². The van der Waals surface area contributed by atoms with Gasteiger partial charge in [-0.05, 0) is 6.92 Å². The minimum Gasteiger partial charge on any atom is -0.486 e. The van der Waals surface area contributed by atoms with Crippen LogP contribution in [0, 0.1) is 0 Å². The third-order valence-electron chi connectivity index (χ3n) is 3.45. The average Bonchev–Trinajstić information content (AvgIpc) is 2.83. The molecule has 114 valence electrons. The fourth-order valence-corrected chi connectivity index (χ4v) is 2.49. The number of fused-ring (bicyclic) bond motifs is 2. The molecule has 0 saturated carbocycles. The second-order valence-electron chi connectivity index (χ2n) is 5.19. The molecule has 21 heavy (non-hydrogen) atoms. The lowest BCUT2D eigenvalue weighted by molar-refractivity contribution is 0.0812. The highest BCUT2D eigenvalue weighted by Crippen LogP contribution is 2.35. The van der Waals surface area contributed by atoms with Gasteiger partial charge in [-0.2, -0.15) is 0 Å². The predicted octanol–water partition coefficient (Wildman–Crippen LogP) is 0.180. The molecule has 0 aliphatic carbocycles. The number of nitrogens with zero attached hydrogens (tertiary/aromatic N) is 2. The first kappa shape index (κ1) is 14.1. The van der Waals surface area contributed by atoms with Gasteiger partial charge in [0.2, 0.25) is 0 Å². The van der Waals surface area contributed by atoms with E-state index in [-0.39, 0.29) is 19.2 Å². The summed E-state index contributed by atoms with van der Waals surface area (Å²) in [6, 6.07) is 3.37. The molecular formula is C14H19N3O4. The van der Waals surface area contributed by atoms with Crippen molar-refractivity contribution in [3.8, 4) is 11.5 Å². The van der Waals surface area contributed by atoms with E-state index in [1.165, 1.54) is 0 Å². The molecule has 1 aliphatic rings. The first-order chi connectivity index (χ1) is 10.1. The van der Waals surface area contributed by atoms with Crippen molar-refractivity contribution in [3.63, 3.8) is 0 Å². The van der Waals surface area contributed by atoms with Crippen LogP contribution in [0.5, 0.6) is 11.5 Å². The van der Waals surface area contributed by atoms with Gasteiger partial charge in [-0.1, -0.05) is 0 Å². The fourth-order valence-electron chi connectivity index (χ4n) is 2.49. The Morgan fingerprint density at radius 1 is 1.33 bits per heavy atom. The van der Waals surface area contributed by atoms with Gasteiger partial charge < -0.3 is 30.0 Å². The van der Waals surface area contributed by atoms with E-state index in [0.717, 1.165) is 11.0 Å². The Morgan fingerprint density at radius 2 is 2.00 bits per heavy atom. The Labute approximate surface area is 121 Å². The van der Waals surface area contributed by atoms with Crippen LogP contribution in [0.3, 0.4) is 0 Å². The van der Waals surface area contributed by atoms with Gasteiger partial charge in [0.25, 0.3) is 0 Å². The van der Waals surface area contributed by atoms with E-state index < -0.39 is 6.10 Å². The minimum absolute atomic E-state index is 0.226. The van der Waals surface area contributed by atoms with Crippen LogP contribution in [-0.2, 0) is 6.54 Å². The molecule has 1 aromatic carbocycles. The topological polar surface area (TPSA) is 103 Å². The average molecular weight is 293 g/mol. The normalized spacial score (nSPS) is 17.0. The number of ether oxygens (including phenoxy) is 2. The van der Waals surface area contributed by atoms with Crippen molar-refractivity contribution in [3.05, 3.63) is 18.0 Å². The van der Waals surface area contributed by atoms with Crippen molar-refractivity contribution in [2.45, 2.75) is 25.6 Å². The molecule has 1 aliphatic heterocycles. The van der Waals surface area contributed by atoms with E-state index in [9.17, 15) is 5.11 Å². The van der Waals surface area contributed by atoms with Gasteiger partial charge >= 0.3 is 0 Å². The van der Waals surface area contributed by atoms with E-state index in [1.807, 2.05) is 23.6 Å². The Bertz CT molecular complexity index is 653. The number of hydrogen-bond donors (Lipinski definition) is 3. The number of imidazole rings is 1. The standard InChI is InChI=1S/C14H19N3O4/c1-8(15)14-16-10-4-12-13(21-3-2-20-12)5-11(10)17(14)6-9(19)7-18/h4-5,8-9,18-19H,2-3,6-7,15H2,1H3. The van der Waals surface area contributed by atoms with Crippen LogP contribution in [0.25, 0.3) is 11.0 Å². The Hall–Kier alpha value is -1.83. The maximum atomic E-state index is 9.74. The monoisotopic (exact) mass is 293 g/mol. The summed E-state index contributed by atoms with van der Waals surface area (Å²) in [5.41, 5.74) is 7.50. The molecule has 3 rings (SSSR count). The maximum Gasteiger partial charge on any atom is 0.163 e. The largest absolute Gasteiger partial charge is 0.486 e. The second-order valence-corrected chi connectivity index (χ2v) is 5.19. The first-order valence-electron chi connectivity index (χ1n) is 6.94. The Kier molecular flexibility index (Phi) is 3.71. The zero-order chi connectivity index (χ0) is 15.0. The zero-order valence-corrected chi connectivity index (χ0v) is 11.8. The Balaban J connectivity index is 2.14. The SMILES string of the molecule is CC(N)c1nc2cc3c(cc2n1CC(O)CO)OCCO3. The van der Waals surface area contributed by atoms with Crippen LogP contribution in [-0.4, -0.2) is 45.7 Å². The molecule has 0 amide bonds. The molecule has 0 saturated heterocycles. The lowest BCUT2D eigenvalue weighted by Crippen LogP contribution is -2.23. The molecule has 7 nitrogen and oxygen atoms in total. The molecule has 7 heteroatoms. The quantitative estimate of drug-likeness (QED) is 0.743. The number of aliphatic hydroxyl groups is 2. The number of hydrogen-bond acceptors (Lipinski definition) is 6. The van der Waals surface area contributed by atoms with Gasteiger partial charge in [0, 0.05) is 12.1 Å². The van der Waals surface area contributed by atoms with Crippen LogP contribution in [0.4, 0.5) is 0 Å². The molecule has 2 atom stereocenters. The van der Waals surface area contributed by atoms with Gasteiger partial charge in [0.15, 0.2) is 11.5 Å². The summed E-state index contributed by atoms with van der Waals surface area (Å²) in [4.78, 5) is 4.52. The molecule has 0 spiro atoms. The van der Waals surface area contributed by atoms with Crippen LogP contribution in [0.2, 0.25) is 0 Å². The molecule has 0 fully saturated rings. The first-order valence-corrected chi connectivity index (χ1v) is 6.94. The molecule has 1 aromatic heterocycles. The smallest absolute Gasteiger partial charge is 0.163 e. The van der Waals surface area contributed by atoms with Crippen molar-refractivity contribution in [1.29, 1.82) is 0 Å². The van der Waals surface area contributed by atoms with Crippen molar-refractivity contribution in [2.24, 2.45) is 5.73 Å². The minimum atomic E-state index is -0.867. The summed E-state index contributed by atoms with van der Waals surface area (Å²) >= 11 is 0. The second kappa shape index (κ2) is 5.51. The summed E-state index contributed by atoms with van der Waals surface area (Å²) in [5.74, 6) is 1.97. The van der Waals surface area contributed by atoms with Crippen molar-refractivity contribution < 1.29 is 19.7 Å². The zero-order valence-electron chi connectivity index (χ0n) is 11.8. The molecule has 2 unspecified atom stereocenters. The number of aromatic nitrogens is 2. The number of nitrogens with two attached hydrogens (primary N) is 1. The number of aliphatic hydroxyl groups excluding tert-OH is 2. The third kappa shape index (κ3) is 2.55. The summed E-state index contributed by atoms with van der Waals surface area (Å²) in [6.45, 7) is 2.76. The van der Waals surface area contributed by atoms with Gasteiger partial charge in [0.1, 0.15) is 19.0 Å². The predicted molar refractivity (Wildman–Crippen MR) is 76.4 cm³/mol. The summed E-state index contributed by atoms with van der Waals surface area (Å²) in [5, 5.41) is 18.8. The van der Waals surface area contributed by atoms with Crippen LogP contribution < -0.4 is 15.2 Å². The number of benzene rings is 1. The van der Waals surface area contributed by atoms with Crippen molar-refractivity contribution in [1.82, 2.24) is 9.55 Å². The van der Waals surface area contributed by atoms with E-state index in [2.05, 4.69) is 4.98 Å². The third-order valence-corrected chi connectivity index (χ3v) is 3.45. The molecule has 4 N–H and O–H groups in total. The highest BCUT2D eigenvalue weighted by Gasteiger charge is 2.20. The van der Waals surface area contributed by atoms with Crippen LogP contribution in [0.15, 0.2) is 12.1 Å². The molecular weight excluding hydrogens is 274 g/mol. The van der Waals surface area contributed by atoms with Gasteiger partial charge in [-0.15, -0.1) is 0 Å². The summed E-state index contributed by atoms with van der Waals surface area (Å²) in [6.07, 6.45) is -0.867. The van der Waals surface area contributed by atoms with Crippen LogP contribution in [0.1, 0.15) is 18.8 Å². The fraction of sp³-hybridized carbons (Fsp3) is 0.500. The highest BCUT2D eigenvalue weighted by atomic mass is 16.6. The van der Waals surface area contributed by atoms with Crippen LogP contribution >= 0.6 is 0 Å². The van der Waals surface area contributed by atoms with E-state index >= 15 is 0 Å². The number of rotatable bonds is 4. The maximum absolute atomic E-state index is 9.74. The molecule has 0 radical (unpaired) electrons. The van der Waals surface area contributed by atoms with Gasteiger partial charge in [0.05, 0.1) is 36.3 Å². The van der Waals surface area contributed by atoms with Gasteiger partial charge in [-0.3, -0.25) is 0 Å². The van der Waals surface area contributed by atoms with Gasteiger partial charge in [-0.25, -0.2) is 4.98 Å².